The normalized spacial score (nSPS) is 13.2. The largest absolute Gasteiger partial charge is 0.355 e. The molecule has 9 heteroatoms. The van der Waals surface area contributed by atoms with Crippen molar-refractivity contribution in [2.45, 2.75) is 26.7 Å². The van der Waals surface area contributed by atoms with Crippen molar-refractivity contribution >= 4 is 46.6 Å². The maximum Gasteiger partial charge on any atom is 0.253 e. The van der Waals surface area contributed by atoms with Gasteiger partial charge in [0.2, 0.25) is 11.9 Å². The third kappa shape index (κ3) is 4.97. The van der Waals surface area contributed by atoms with Crippen molar-refractivity contribution in [1.82, 2.24) is 20.2 Å². The van der Waals surface area contributed by atoms with E-state index < -0.39 is 0 Å². The van der Waals surface area contributed by atoms with Gasteiger partial charge in [0.1, 0.15) is 5.02 Å². The molecule has 176 valence electrons. The number of likely N-dealkylation sites (N-methyl/N-ethyl adjacent to an activating group) is 1. The van der Waals surface area contributed by atoms with Crippen molar-refractivity contribution in [3.8, 4) is 0 Å². The molecule has 1 aromatic heterocycles. The third-order valence-electron chi connectivity index (χ3n) is 5.89. The number of anilines is 4. The molecule has 0 aliphatic carbocycles. The molecule has 1 aliphatic heterocycles. The van der Waals surface area contributed by atoms with E-state index in [1.165, 1.54) is 11.8 Å². The predicted molar refractivity (Wildman–Crippen MR) is 134 cm³/mol. The summed E-state index contributed by atoms with van der Waals surface area (Å²) in [6.45, 7) is 4.57. The first kappa shape index (κ1) is 23.5. The standard InChI is InChI=1S/C25H27ClN6O2/c1-14-9-15(2)22(19(10-14)24(34)27-3)30-23-20(26)13-28-25(31-23)29-18-6-5-16-7-8-32(4)21(33)12-17(16)11-18/h5-6,9-11,13H,7-8,12H2,1-4H3,(H,27,34)(H2,28,29,30,31). The highest BCUT2D eigenvalue weighted by molar-refractivity contribution is 6.33. The Balaban J connectivity index is 1.62. The molecule has 8 nitrogen and oxygen atoms in total. The number of hydrogen-bond acceptors (Lipinski definition) is 6. The third-order valence-corrected chi connectivity index (χ3v) is 6.16. The number of amides is 2. The second-order valence-electron chi connectivity index (χ2n) is 8.45. The Kier molecular flexibility index (Phi) is 6.70. The zero-order chi connectivity index (χ0) is 24.4. The maximum atomic E-state index is 12.5. The lowest BCUT2D eigenvalue weighted by molar-refractivity contribution is -0.128. The van der Waals surface area contributed by atoms with Crippen LogP contribution in [0.1, 0.15) is 32.6 Å². The van der Waals surface area contributed by atoms with Gasteiger partial charge in [-0.3, -0.25) is 9.59 Å². The minimum Gasteiger partial charge on any atom is -0.355 e. The Morgan fingerprint density at radius 2 is 1.91 bits per heavy atom. The summed E-state index contributed by atoms with van der Waals surface area (Å²) >= 11 is 6.38. The molecule has 2 aromatic carbocycles. The molecular weight excluding hydrogens is 452 g/mol. The summed E-state index contributed by atoms with van der Waals surface area (Å²) in [5.74, 6) is 0.617. The van der Waals surface area contributed by atoms with Crippen LogP contribution in [0.5, 0.6) is 0 Å². The Morgan fingerprint density at radius 3 is 2.68 bits per heavy atom. The lowest BCUT2D eigenvalue weighted by Crippen LogP contribution is -2.27. The molecular formula is C25H27ClN6O2. The minimum absolute atomic E-state index is 0.102. The molecule has 0 saturated carbocycles. The number of nitrogens with zero attached hydrogens (tertiary/aromatic N) is 3. The average molecular weight is 479 g/mol. The average Bonchev–Trinajstić information content (AvgIpc) is 2.94. The van der Waals surface area contributed by atoms with Crippen LogP contribution in [0.2, 0.25) is 5.02 Å². The fourth-order valence-corrected chi connectivity index (χ4v) is 4.17. The Labute approximate surface area is 203 Å². The van der Waals surface area contributed by atoms with E-state index in [1.54, 1.807) is 11.9 Å². The van der Waals surface area contributed by atoms with Gasteiger partial charge in [0.05, 0.1) is 23.9 Å². The van der Waals surface area contributed by atoms with Gasteiger partial charge in [0.15, 0.2) is 5.82 Å². The second-order valence-corrected chi connectivity index (χ2v) is 8.86. The summed E-state index contributed by atoms with van der Waals surface area (Å²) < 4.78 is 0. The first-order chi connectivity index (χ1) is 16.2. The molecule has 2 amide bonds. The molecule has 0 bridgehead atoms. The zero-order valence-electron chi connectivity index (χ0n) is 19.6. The van der Waals surface area contributed by atoms with Gasteiger partial charge in [-0.25, -0.2) is 4.98 Å². The lowest BCUT2D eigenvalue weighted by Gasteiger charge is -2.16. The van der Waals surface area contributed by atoms with Gasteiger partial charge in [0, 0.05) is 26.3 Å². The number of hydrogen-bond donors (Lipinski definition) is 3. The van der Waals surface area contributed by atoms with Gasteiger partial charge in [-0.2, -0.15) is 4.98 Å². The highest BCUT2D eigenvalue weighted by Gasteiger charge is 2.19. The van der Waals surface area contributed by atoms with E-state index >= 15 is 0 Å². The monoisotopic (exact) mass is 478 g/mol. The number of fused-ring (bicyclic) bond motifs is 1. The van der Waals surface area contributed by atoms with Crippen molar-refractivity contribution in [3.05, 3.63) is 69.4 Å². The van der Waals surface area contributed by atoms with Crippen LogP contribution in [-0.4, -0.2) is 47.3 Å². The van der Waals surface area contributed by atoms with E-state index in [-0.39, 0.29) is 11.8 Å². The summed E-state index contributed by atoms with van der Waals surface area (Å²) in [6, 6.07) is 9.75. The molecule has 3 N–H and O–H groups in total. The number of carbonyl (C=O) groups is 2. The number of aryl methyl sites for hydroxylation is 2. The smallest absolute Gasteiger partial charge is 0.253 e. The minimum atomic E-state index is -0.206. The maximum absolute atomic E-state index is 12.5. The van der Waals surface area contributed by atoms with Gasteiger partial charge in [-0.15, -0.1) is 0 Å². The summed E-state index contributed by atoms with van der Waals surface area (Å²) in [7, 11) is 3.42. The van der Waals surface area contributed by atoms with Gasteiger partial charge < -0.3 is 20.9 Å². The van der Waals surface area contributed by atoms with Gasteiger partial charge in [0.25, 0.3) is 5.91 Å². The second kappa shape index (κ2) is 9.69. The zero-order valence-corrected chi connectivity index (χ0v) is 20.4. The number of nitrogens with one attached hydrogen (secondary N) is 3. The van der Waals surface area contributed by atoms with Crippen LogP contribution >= 0.6 is 11.6 Å². The molecule has 4 rings (SSSR count). The van der Waals surface area contributed by atoms with Crippen LogP contribution in [-0.2, 0) is 17.6 Å². The first-order valence-corrected chi connectivity index (χ1v) is 11.4. The molecule has 0 fully saturated rings. The van der Waals surface area contributed by atoms with Crippen LogP contribution in [0.3, 0.4) is 0 Å². The number of halogens is 1. The Bertz CT molecular complexity index is 1280. The summed E-state index contributed by atoms with van der Waals surface area (Å²) in [6.07, 6.45) is 2.70. The molecule has 2 heterocycles. The number of rotatable bonds is 5. The van der Waals surface area contributed by atoms with E-state index in [0.29, 0.717) is 41.0 Å². The van der Waals surface area contributed by atoms with Crippen LogP contribution in [0.15, 0.2) is 36.5 Å². The molecule has 0 radical (unpaired) electrons. The molecule has 0 unspecified atom stereocenters. The van der Waals surface area contributed by atoms with Crippen LogP contribution in [0, 0.1) is 13.8 Å². The molecule has 0 spiro atoms. The molecule has 0 saturated heterocycles. The van der Waals surface area contributed by atoms with Crippen LogP contribution < -0.4 is 16.0 Å². The number of benzene rings is 2. The van der Waals surface area contributed by atoms with E-state index in [9.17, 15) is 9.59 Å². The predicted octanol–water partition coefficient (Wildman–Crippen LogP) is 4.15. The molecule has 1 aliphatic rings. The van der Waals surface area contributed by atoms with Crippen molar-refractivity contribution in [3.63, 3.8) is 0 Å². The topological polar surface area (TPSA) is 99.2 Å². The van der Waals surface area contributed by atoms with Crippen LogP contribution in [0.4, 0.5) is 23.1 Å². The Hall–Kier alpha value is -3.65. The fourth-order valence-electron chi connectivity index (χ4n) is 4.03. The van der Waals surface area contributed by atoms with Gasteiger partial charge >= 0.3 is 0 Å². The number of aromatic nitrogens is 2. The molecule has 34 heavy (non-hydrogen) atoms. The molecule has 0 atom stereocenters. The fraction of sp³-hybridized carbons (Fsp3) is 0.280. The van der Waals surface area contributed by atoms with Crippen molar-refractivity contribution < 1.29 is 9.59 Å². The SMILES string of the molecule is CNC(=O)c1cc(C)cc(C)c1Nc1nc(Nc2ccc3c(c2)CC(=O)N(C)CC3)ncc1Cl. The highest BCUT2D eigenvalue weighted by atomic mass is 35.5. The van der Waals surface area contributed by atoms with E-state index in [2.05, 4.69) is 25.9 Å². The van der Waals surface area contributed by atoms with Gasteiger partial charge in [-0.1, -0.05) is 23.7 Å². The van der Waals surface area contributed by atoms with Crippen molar-refractivity contribution in [1.29, 1.82) is 0 Å². The summed E-state index contributed by atoms with van der Waals surface area (Å²) in [4.78, 5) is 35.3. The molecule has 3 aromatic rings. The van der Waals surface area contributed by atoms with E-state index in [0.717, 1.165) is 28.8 Å². The number of carbonyl (C=O) groups excluding carboxylic acids is 2. The van der Waals surface area contributed by atoms with Gasteiger partial charge in [-0.05, 0) is 60.7 Å². The van der Waals surface area contributed by atoms with E-state index in [4.69, 9.17) is 11.6 Å². The highest BCUT2D eigenvalue weighted by Crippen LogP contribution is 2.30. The summed E-state index contributed by atoms with van der Waals surface area (Å²) in [5.41, 5.74) is 5.95. The lowest BCUT2D eigenvalue weighted by atomic mass is 10.0. The van der Waals surface area contributed by atoms with Crippen LogP contribution in [0.25, 0.3) is 0 Å². The first-order valence-electron chi connectivity index (χ1n) is 11.0. The van der Waals surface area contributed by atoms with Crippen molar-refractivity contribution in [2.24, 2.45) is 0 Å². The van der Waals surface area contributed by atoms with Crippen molar-refractivity contribution in [2.75, 3.05) is 31.3 Å². The Morgan fingerprint density at radius 1 is 1.12 bits per heavy atom. The quantitative estimate of drug-likeness (QED) is 0.509. The summed E-state index contributed by atoms with van der Waals surface area (Å²) in [5, 5.41) is 9.41. The van der Waals surface area contributed by atoms with E-state index in [1.807, 2.05) is 51.2 Å².